The average molecular weight is 269 g/mol. The molecule has 108 valence electrons. The van der Waals surface area contributed by atoms with Crippen LogP contribution in [0.3, 0.4) is 0 Å². The van der Waals surface area contributed by atoms with Gasteiger partial charge >= 0.3 is 0 Å². The van der Waals surface area contributed by atoms with Crippen LogP contribution in [0.25, 0.3) is 0 Å². The topological polar surface area (TPSA) is 70.7 Å². The van der Waals surface area contributed by atoms with Crippen molar-refractivity contribution in [1.29, 1.82) is 0 Å². The molecule has 6 heteroatoms. The number of likely N-dealkylation sites (N-methyl/N-ethyl adjacent to an activating group) is 1. The van der Waals surface area contributed by atoms with Crippen molar-refractivity contribution >= 4 is 11.8 Å². The second kappa shape index (κ2) is 5.88. The summed E-state index contributed by atoms with van der Waals surface area (Å²) in [6.07, 6.45) is 1.97. The summed E-state index contributed by atoms with van der Waals surface area (Å²) in [6, 6.07) is -0.0615. The Morgan fingerprint density at radius 3 is 2.74 bits per heavy atom. The van der Waals surface area contributed by atoms with Gasteiger partial charge in [0.25, 0.3) is 0 Å². The molecule has 0 radical (unpaired) electrons. The van der Waals surface area contributed by atoms with Gasteiger partial charge in [-0.2, -0.15) is 0 Å². The zero-order valence-corrected chi connectivity index (χ0v) is 11.7. The second-order valence-electron chi connectivity index (χ2n) is 5.61. The van der Waals surface area contributed by atoms with Crippen LogP contribution in [0.15, 0.2) is 0 Å². The SMILES string of the molecule is COCC1(C(=O)NC2CC(=O)N(C)C2)CCNCC1. The Morgan fingerprint density at radius 2 is 2.21 bits per heavy atom. The van der Waals surface area contributed by atoms with E-state index >= 15 is 0 Å². The lowest BCUT2D eigenvalue weighted by atomic mass is 9.78. The fourth-order valence-corrected chi connectivity index (χ4v) is 2.92. The number of amides is 2. The monoisotopic (exact) mass is 269 g/mol. The number of carbonyl (C=O) groups is 2. The maximum atomic E-state index is 12.5. The normalized spacial score (nSPS) is 26.5. The molecule has 0 spiro atoms. The van der Waals surface area contributed by atoms with Gasteiger partial charge in [-0.05, 0) is 25.9 Å². The molecule has 0 aliphatic carbocycles. The number of ether oxygens (including phenoxy) is 1. The maximum Gasteiger partial charge on any atom is 0.228 e. The van der Waals surface area contributed by atoms with Gasteiger partial charge in [-0.25, -0.2) is 0 Å². The van der Waals surface area contributed by atoms with E-state index in [0.29, 0.717) is 19.6 Å². The minimum absolute atomic E-state index is 0.0314. The van der Waals surface area contributed by atoms with Crippen LogP contribution in [-0.4, -0.2) is 63.2 Å². The van der Waals surface area contributed by atoms with E-state index in [1.807, 2.05) is 0 Å². The zero-order valence-electron chi connectivity index (χ0n) is 11.7. The first-order chi connectivity index (χ1) is 9.07. The van der Waals surface area contributed by atoms with Gasteiger partial charge in [-0.15, -0.1) is 0 Å². The first kappa shape index (κ1) is 14.3. The van der Waals surface area contributed by atoms with Gasteiger partial charge < -0.3 is 20.3 Å². The number of nitrogens with one attached hydrogen (secondary N) is 2. The third-order valence-corrected chi connectivity index (χ3v) is 4.14. The first-order valence-corrected chi connectivity index (χ1v) is 6.82. The van der Waals surface area contributed by atoms with E-state index in [4.69, 9.17) is 4.74 Å². The van der Waals surface area contributed by atoms with Crippen molar-refractivity contribution in [2.75, 3.05) is 40.4 Å². The van der Waals surface area contributed by atoms with E-state index in [1.165, 1.54) is 0 Å². The largest absolute Gasteiger partial charge is 0.384 e. The summed E-state index contributed by atoms with van der Waals surface area (Å²) in [4.78, 5) is 25.7. The van der Waals surface area contributed by atoms with Crippen LogP contribution in [0.1, 0.15) is 19.3 Å². The Hall–Kier alpha value is -1.14. The number of rotatable bonds is 4. The molecule has 0 saturated carbocycles. The summed E-state index contributed by atoms with van der Waals surface area (Å²) < 4.78 is 5.25. The molecule has 1 unspecified atom stereocenters. The minimum atomic E-state index is -0.440. The first-order valence-electron chi connectivity index (χ1n) is 6.82. The molecule has 2 amide bonds. The molecular weight excluding hydrogens is 246 g/mol. The standard InChI is InChI=1S/C13H23N3O3/c1-16-8-10(7-11(16)17)15-12(18)13(9-19-2)3-5-14-6-4-13/h10,14H,3-9H2,1-2H3,(H,15,18). The molecule has 0 aromatic heterocycles. The highest BCUT2D eigenvalue weighted by molar-refractivity contribution is 5.85. The molecule has 2 aliphatic rings. The van der Waals surface area contributed by atoms with Crippen molar-refractivity contribution in [2.24, 2.45) is 5.41 Å². The van der Waals surface area contributed by atoms with E-state index < -0.39 is 5.41 Å². The highest BCUT2D eigenvalue weighted by Gasteiger charge is 2.41. The Morgan fingerprint density at radius 1 is 1.53 bits per heavy atom. The van der Waals surface area contributed by atoms with Crippen LogP contribution in [0, 0.1) is 5.41 Å². The summed E-state index contributed by atoms with van der Waals surface area (Å²) in [5, 5.41) is 6.29. The Labute approximate surface area is 113 Å². The van der Waals surface area contributed by atoms with Crippen LogP contribution < -0.4 is 10.6 Å². The number of hydrogen-bond donors (Lipinski definition) is 2. The summed E-state index contributed by atoms with van der Waals surface area (Å²) in [5.74, 6) is 0.125. The molecule has 2 rings (SSSR count). The predicted molar refractivity (Wildman–Crippen MR) is 70.6 cm³/mol. The lowest BCUT2D eigenvalue weighted by Crippen LogP contribution is -2.52. The molecule has 2 fully saturated rings. The molecule has 0 aromatic carbocycles. The quantitative estimate of drug-likeness (QED) is 0.711. The van der Waals surface area contributed by atoms with Gasteiger partial charge in [0.2, 0.25) is 11.8 Å². The third kappa shape index (κ3) is 3.06. The molecule has 2 N–H and O–H groups in total. The van der Waals surface area contributed by atoms with E-state index in [1.54, 1.807) is 19.1 Å². The molecular formula is C13H23N3O3. The number of carbonyl (C=O) groups excluding carboxylic acids is 2. The maximum absolute atomic E-state index is 12.5. The summed E-state index contributed by atoms with van der Waals surface area (Å²) in [5.41, 5.74) is -0.440. The molecule has 6 nitrogen and oxygen atoms in total. The number of nitrogens with zero attached hydrogens (tertiary/aromatic N) is 1. The molecule has 0 bridgehead atoms. The van der Waals surface area contributed by atoms with Crippen LogP contribution in [-0.2, 0) is 14.3 Å². The number of methoxy groups -OCH3 is 1. The fraction of sp³-hybridized carbons (Fsp3) is 0.846. The third-order valence-electron chi connectivity index (χ3n) is 4.14. The van der Waals surface area contributed by atoms with Crippen LogP contribution in [0.2, 0.25) is 0 Å². The van der Waals surface area contributed by atoms with E-state index in [-0.39, 0.29) is 17.9 Å². The van der Waals surface area contributed by atoms with Crippen molar-refractivity contribution in [3.05, 3.63) is 0 Å². The van der Waals surface area contributed by atoms with Gasteiger partial charge in [0.05, 0.1) is 18.1 Å². The summed E-state index contributed by atoms with van der Waals surface area (Å²) in [7, 11) is 3.40. The Balaban J connectivity index is 1.98. The van der Waals surface area contributed by atoms with Crippen LogP contribution in [0.5, 0.6) is 0 Å². The molecule has 2 saturated heterocycles. The van der Waals surface area contributed by atoms with Crippen molar-refractivity contribution in [3.8, 4) is 0 Å². The molecule has 0 aromatic rings. The summed E-state index contributed by atoms with van der Waals surface area (Å²) >= 11 is 0. The van der Waals surface area contributed by atoms with Gasteiger partial charge in [-0.1, -0.05) is 0 Å². The molecule has 2 heterocycles. The van der Waals surface area contributed by atoms with E-state index in [9.17, 15) is 9.59 Å². The van der Waals surface area contributed by atoms with Crippen LogP contribution >= 0.6 is 0 Å². The summed E-state index contributed by atoms with van der Waals surface area (Å²) in [6.45, 7) is 2.71. The van der Waals surface area contributed by atoms with Gasteiger partial charge in [0.1, 0.15) is 0 Å². The Kier molecular flexibility index (Phi) is 4.42. The number of piperidine rings is 1. The van der Waals surface area contributed by atoms with Gasteiger partial charge in [0.15, 0.2) is 0 Å². The zero-order chi connectivity index (χ0) is 13.9. The lowest BCUT2D eigenvalue weighted by molar-refractivity contribution is -0.136. The van der Waals surface area contributed by atoms with E-state index in [2.05, 4.69) is 10.6 Å². The Bertz CT molecular complexity index is 348. The van der Waals surface area contributed by atoms with Crippen molar-refractivity contribution in [3.63, 3.8) is 0 Å². The van der Waals surface area contributed by atoms with Crippen molar-refractivity contribution < 1.29 is 14.3 Å². The average Bonchev–Trinajstić information content (AvgIpc) is 2.69. The second-order valence-corrected chi connectivity index (χ2v) is 5.61. The molecule has 19 heavy (non-hydrogen) atoms. The van der Waals surface area contributed by atoms with Crippen molar-refractivity contribution in [2.45, 2.75) is 25.3 Å². The fourth-order valence-electron chi connectivity index (χ4n) is 2.92. The smallest absolute Gasteiger partial charge is 0.228 e. The predicted octanol–water partition coefficient (Wildman–Crippen LogP) is -0.650. The van der Waals surface area contributed by atoms with Crippen LogP contribution in [0.4, 0.5) is 0 Å². The van der Waals surface area contributed by atoms with Gasteiger partial charge in [0, 0.05) is 27.1 Å². The molecule has 2 aliphatic heterocycles. The number of likely N-dealkylation sites (tertiary alicyclic amines) is 1. The van der Waals surface area contributed by atoms with Gasteiger partial charge in [-0.3, -0.25) is 9.59 Å². The highest BCUT2D eigenvalue weighted by atomic mass is 16.5. The molecule has 1 atom stereocenters. The minimum Gasteiger partial charge on any atom is -0.384 e. The lowest BCUT2D eigenvalue weighted by Gasteiger charge is -2.36. The van der Waals surface area contributed by atoms with E-state index in [0.717, 1.165) is 25.9 Å². The van der Waals surface area contributed by atoms with Crippen molar-refractivity contribution in [1.82, 2.24) is 15.5 Å². The number of hydrogen-bond acceptors (Lipinski definition) is 4. The highest BCUT2D eigenvalue weighted by Crippen LogP contribution is 2.30.